The number of anilines is 1. The molecule has 1 aliphatic heterocycles. The molecule has 1 aromatic heterocycles. The molecule has 1 atom stereocenters. The van der Waals surface area contributed by atoms with E-state index in [0.717, 1.165) is 48.3 Å². The first kappa shape index (κ1) is 15.8. The first-order chi connectivity index (χ1) is 11.2. The average molecular weight is 309 g/mol. The minimum Gasteiger partial charge on any atom is -0.378 e. The Balaban J connectivity index is 1.78. The maximum absolute atomic E-state index is 9.57. The maximum Gasteiger partial charge on any atom is 0.147 e. The van der Waals surface area contributed by atoms with E-state index in [0.29, 0.717) is 11.7 Å². The van der Waals surface area contributed by atoms with Gasteiger partial charge in [-0.2, -0.15) is 5.26 Å². The fraction of sp³-hybridized carbons (Fsp3) is 0.474. The molecule has 2 aromatic rings. The summed E-state index contributed by atoms with van der Waals surface area (Å²) in [7, 11) is 2.02. The van der Waals surface area contributed by atoms with Crippen molar-refractivity contribution in [3.63, 3.8) is 0 Å². The third kappa shape index (κ3) is 3.30. The van der Waals surface area contributed by atoms with E-state index in [2.05, 4.69) is 11.0 Å². The Morgan fingerprint density at radius 1 is 1.39 bits per heavy atom. The number of benzene rings is 1. The Hall–Kier alpha value is -2.12. The molecule has 1 fully saturated rings. The van der Waals surface area contributed by atoms with Gasteiger partial charge in [-0.25, -0.2) is 4.98 Å². The van der Waals surface area contributed by atoms with Gasteiger partial charge in [0.05, 0.1) is 17.2 Å². The van der Waals surface area contributed by atoms with Gasteiger partial charge in [0.1, 0.15) is 11.9 Å². The molecule has 4 nitrogen and oxygen atoms in total. The first-order valence-electron chi connectivity index (χ1n) is 8.33. The smallest absolute Gasteiger partial charge is 0.147 e. The van der Waals surface area contributed by atoms with Gasteiger partial charge < -0.3 is 9.64 Å². The maximum atomic E-state index is 9.57. The molecular formula is C19H23N3O. The van der Waals surface area contributed by atoms with E-state index in [1.165, 1.54) is 12.8 Å². The van der Waals surface area contributed by atoms with E-state index in [1.54, 1.807) is 0 Å². The lowest BCUT2D eigenvalue weighted by molar-refractivity contribution is 0.103. The number of fused-ring (bicyclic) bond motifs is 1. The van der Waals surface area contributed by atoms with Gasteiger partial charge in [0.2, 0.25) is 0 Å². The van der Waals surface area contributed by atoms with Gasteiger partial charge in [-0.05, 0) is 44.2 Å². The molecule has 2 heterocycles. The monoisotopic (exact) mass is 309 g/mol. The summed E-state index contributed by atoms with van der Waals surface area (Å²) in [4.78, 5) is 6.83. The number of ether oxygens (including phenoxy) is 1. The van der Waals surface area contributed by atoms with Crippen LogP contribution < -0.4 is 4.90 Å². The second-order valence-corrected chi connectivity index (χ2v) is 6.26. The molecule has 1 aromatic carbocycles. The highest BCUT2D eigenvalue weighted by atomic mass is 16.5. The van der Waals surface area contributed by atoms with Gasteiger partial charge in [0.25, 0.3) is 0 Å². The highest BCUT2D eigenvalue weighted by molar-refractivity contribution is 5.87. The zero-order valence-electron chi connectivity index (χ0n) is 13.9. The molecule has 1 aliphatic rings. The quantitative estimate of drug-likeness (QED) is 0.842. The molecule has 1 unspecified atom stereocenters. The lowest BCUT2D eigenvalue weighted by Crippen LogP contribution is -2.22. The molecular weight excluding hydrogens is 286 g/mol. The number of para-hydroxylation sites is 1. The number of nitriles is 1. The van der Waals surface area contributed by atoms with Crippen molar-refractivity contribution in [1.82, 2.24) is 4.98 Å². The lowest BCUT2D eigenvalue weighted by Gasteiger charge is -2.22. The van der Waals surface area contributed by atoms with Crippen LogP contribution in [0.1, 0.15) is 36.8 Å². The summed E-state index contributed by atoms with van der Waals surface area (Å²) < 4.78 is 5.68. The van der Waals surface area contributed by atoms with Gasteiger partial charge >= 0.3 is 0 Å². The van der Waals surface area contributed by atoms with Gasteiger partial charge in [-0.15, -0.1) is 0 Å². The summed E-state index contributed by atoms with van der Waals surface area (Å²) in [5.41, 5.74) is 2.65. The Kier molecular flexibility index (Phi) is 4.78. The highest BCUT2D eigenvalue weighted by Gasteiger charge is 2.17. The molecule has 4 heteroatoms. The van der Waals surface area contributed by atoms with E-state index in [1.807, 2.05) is 38.2 Å². The molecule has 0 N–H and O–H groups in total. The fourth-order valence-electron chi connectivity index (χ4n) is 3.30. The van der Waals surface area contributed by atoms with Crippen LogP contribution in [0.15, 0.2) is 24.3 Å². The molecule has 0 amide bonds. The predicted octanol–water partition coefficient (Wildman–Crippen LogP) is 3.81. The minimum absolute atomic E-state index is 0.421. The van der Waals surface area contributed by atoms with E-state index in [-0.39, 0.29) is 0 Å². The topological polar surface area (TPSA) is 49.2 Å². The van der Waals surface area contributed by atoms with Gasteiger partial charge in [0, 0.05) is 25.6 Å². The number of hydrogen-bond donors (Lipinski definition) is 0. The third-order valence-electron chi connectivity index (χ3n) is 4.65. The summed E-state index contributed by atoms with van der Waals surface area (Å²) >= 11 is 0. The van der Waals surface area contributed by atoms with E-state index in [4.69, 9.17) is 9.72 Å². The number of hydrogen-bond acceptors (Lipinski definition) is 4. The third-order valence-corrected chi connectivity index (χ3v) is 4.65. The SMILES string of the molecule is Cc1c(C#N)c(N(C)CCCC2CCCO2)nc2ccccc12. The van der Waals surface area contributed by atoms with E-state index >= 15 is 0 Å². The van der Waals surface area contributed by atoms with Crippen molar-refractivity contribution in [2.75, 3.05) is 25.1 Å². The Morgan fingerprint density at radius 3 is 2.96 bits per heavy atom. The Labute approximate surface area is 137 Å². The normalized spacial score (nSPS) is 17.3. The molecule has 0 aliphatic carbocycles. The van der Waals surface area contributed by atoms with Crippen molar-refractivity contribution in [3.8, 4) is 6.07 Å². The highest BCUT2D eigenvalue weighted by Crippen LogP contribution is 2.27. The van der Waals surface area contributed by atoms with Crippen LogP contribution in [0.3, 0.4) is 0 Å². The molecule has 0 bridgehead atoms. The van der Waals surface area contributed by atoms with Crippen LogP contribution in [0.5, 0.6) is 0 Å². The van der Waals surface area contributed by atoms with Crippen molar-refractivity contribution >= 4 is 16.7 Å². The van der Waals surface area contributed by atoms with Crippen molar-refractivity contribution in [2.24, 2.45) is 0 Å². The van der Waals surface area contributed by atoms with Gasteiger partial charge in [-0.1, -0.05) is 18.2 Å². The average Bonchev–Trinajstić information content (AvgIpc) is 3.08. The zero-order chi connectivity index (χ0) is 16.2. The summed E-state index contributed by atoms with van der Waals surface area (Å²) in [6.07, 6.45) is 4.92. The molecule has 120 valence electrons. The molecule has 0 radical (unpaired) electrons. The van der Waals surface area contributed by atoms with Crippen LogP contribution in [-0.2, 0) is 4.74 Å². The molecule has 1 saturated heterocycles. The number of aryl methyl sites for hydroxylation is 1. The van der Waals surface area contributed by atoms with Crippen LogP contribution in [-0.4, -0.2) is 31.3 Å². The molecule has 3 rings (SSSR count). The second kappa shape index (κ2) is 6.97. The minimum atomic E-state index is 0.421. The van der Waals surface area contributed by atoms with Crippen molar-refractivity contribution in [1.29, 1.82) is 5.26 Å². The van der Waals surface area contributed by atoms with Crippen LogP contribution >= 0.6 is 0 Å². The van der Waals surface area contributed by atoms with Crippen molar-refractivity contribution in [3.05, 3.63) is 35.4 Å². The predicted molar refractivity (Wildman–Crippen MR) is 92.7 cm³/mol. The van der Waals surface area contributed by atoms with E-state index < -0.39 is 0 Å². The summed E-state index contributed by atoms with van der Waals surface area (Å²) in [5, 5.41) is 10.6. The fourth-order valence-corrected chi connectivity index (χ4v) is 3.30. The summed E-state index contributed by atoms with van der Waals surface area (Å²) in [5.74, 6) is 0.788. The van der Waals surface area contributed by atoms with Gasteiger partial charge in [0.15, 0.2) is 0 Å². The zero-order valence-corrected chi connectivity index (χ0v) is 13.9. The van der Waals surface area contributed by atoms with Crippen LogP contribution in [0.25, 0.3) is 10.9 Å². The number of rotatable bonds is 5. The molecule has 0 spiro atoms. The van der Waals surface area contributed by atoms with Crippen molar-refractivity contribution in [2.45, 2.75) is 38.7 Å². The summed E-state index contributed by atoms with van der Waals surface area (Å²) in [6.45, 7) is 3.80. The Morgan fingerprint density at radius 2 is 2.22 bits per heavy atom. The molecule has 23 heavy (non-hydrogen) atoms. The van der Waals surface area contributed by atoms with Crippen LogP contribution in [0.4, 0.5) is 5.82 Å². The number of aromatic nitrogens is 1. The van der Waals surface area contributed by atoms with E-state index in [9.17, 15) is 5.26 Å². The lowest BCUT2D eigenvalue weighted by atomic mass is 10.0. The van der Waals surface area contributed by atoms with Crippen LogP contribution in [0.2, 0.25) is 0 Å². The van der Waals surface area contributed by atoms with Gasteiger partial charge in [-0.3, -0.25) is 0 Å². The first-order valence-corrected chi connectivity index (χ1v) is 8.33. The number of pyridine rings is 1. The number of nitrogens with zero attached hydrogens (tertiary/aromatic N) is 3. The largest absolute Gasteiger partial charge is 0.378 e. The van der Waals surface area contributed by atoms with Crippen molar-refractivity contribution < 1.29 is 4.74 Å². The summed E-state index contributed by atoms with van der Waals surface area (Å²) in [6, 6.07) is 10.4. The second-order valence-electron chi connectivity index (χ2n) is 6.26. The Bertz CT molecular complexity index is 729. The van der Waals surface area contributed by atoms with Crippen LogP contribution in [0, 0.1) is 18.3 Å². The standard InChI is InChI=1S/C19H23N3O/c1-14-16-9-3-4-10-18(16)21-19(17(14)13-20)22(2)11-5-7-15-8-6-12-23-15/h3-4,9-10,15H,5-8,11-12H2,1-2H3. The molecule has 0 saturated carbocycles.